The van der Waals surface area contributed by atoms with Gasteiger partial charge in [0.15, 0.2) is 0 Å². The number of nitrogens with one attached hydrogen (secondary N) is 1. The van der Waals surface area contributed by atoms with Crippen molar-refractivity contribution in [3.63, 3.8) is 0 Å². The summed E-state index contributed by atoms with van der Waals surface area (Å²) in [6, 6.07) is 11.6. The summed E-state index contributed by atoms with van der Waals surface area (Å²) in [4.78, 5) is 4.48. The fraction of sp³-hybridized carbons (Fsp3) is 0.312. The molecule has 1 aromatic carbocycles. The van der Waals surface area contributed by atoms with Gasteiger partial charge in [-0.2, -0.15) is 0 Å². The lowest BCUT2D eigenvalue weighted by Gasteiger charge is -2.11. The summed E-state index contributed by atoms with van der Waals surface area (Å²) in [5.41, 5.74) is 3.87. The lowest BCUT2D eigenvalue weighted by atomic mass is 10.1. The maximum atomic E-state index is 9.01. The number of aromatic nitrogens is 1. The van der Waals surface area contributed by atoms with Gasteiger partial charge in [-0.3, -0.25) is 4.98 Å². The number of aliphatic hydroxyl groups excluding tert-OH is 1. The smallest absolute Gasteiger partial charge is 0.142 e. The number of pyridine rings is 1. The van der Waals surface area contributed by atoms with E-state index in [0.717, 1.165) is 28.3 Å². The van der Waals surface area contributed by atoms with Crippen LogP contribution in [-0.4, -0.2) is 17.1 Å². The van der Waals surface area contributed by atoms with Gasteiger partial charge in [0.1, 0.15) is 12.4 Å². The number of benzene rings is 1. The molecule has 4 nitrogen and oxygen atoms in total. The van der Waals surface area contributed by atoms with Crippen LogP contribution in [0.4, 0.5) is 0 Å². The van der Waals surface area contributed by atoms with Crippen LogP contribution >= 0.6 is 0 Å². The van der Waals surface area contributed by atoms with Gasteiger partial charge in [0.25, 0.3) is 0 Å². The predicted molar refractivity (Wildman–Crippen MR) is 78.4 cm³/mol. The molecular weight excluding hydrogens is 252 g/mol. The van der Waals surface area contributed by atoms with E-state index in [0.29, 0.717) is 13.2 Å². The molecular formula is C16H20N2O2. The Hall–Kier alpha value is -1.91. The van der Waals surface area contributed by atoms with Crippen LogP contribution in [0, 0.1) is 6.92 Å². The van der Waals surface area contributed by atoms with E-state index < -0.39 is 0 Å². The van der Waals surface area contributed by atoms with Gasteiger partial charge in [0.2, 0.25) is 0 Å². The molecule has 0 aliphatic heterocycles. The number of hydrogen-bond donors (Lipinski definition) is 2. The molecule has 1 heterocycles. The van der Waals surface area contributed by atoms with E-state index in [1.54, 1.807) is 0 Å². The minimum Gasteiger partial charge on any atom is -0.487 e. The zero-order chi connectivity index (χ0) is 14.4. The van der Waals surface area contributed by atoms with Crippen LogP contribution in [0.3, 0.4) is 0 Å². The van der Waals surface area contributed by atoms with Crippen molar-refractivity contribution in [3.05, 3.63) is 58.9 Å². The number of rotatable bonds is 6. The second-order valence-corrected chi connectivity index (χ2v) is 4.69. The van der Waals surface area contributed by atoms with Gasteiger partial charge in [-0.05, 0) is 37.2 Å². The molecule has 4 heteroatoms. The standard InChI is InChI=1S/C16H20N2O2/c1-12-3-8-16(15(18-12)9-17-2)20-11-14-6-4-13(10-19)5-7-14/h3-8,17,19H,9-11H2,1-2H3. The van der Waals surface area contributed by atoms with Crippen LogP contribution < -0.4 is 10.1 Å². The molecule has 20 heavy (non-hydrogen) atoms. The summed E-state index contributed by atoms with van der Waals surface area (Å²) >= 11 is 0. The Morgan fingerprint density at radius 3 is 2.45 bits per heavy atom. The van der Waals surface area contributed by atoms with Crippen LogP contribution in [0.2, 0.25) is 0 Å². The highest BCUT2D eigenvalue weighted by Crippen LogP contribution is 2.18. The van der Waals surface area contributed by atoms with Crippen LogP contribution in [0.25, 0.3) is 0 Å². The molecule has 0 aliphatic carbocycles. The molecule has 106 valence electrons. The van der Waals surface area contributed by atoms with Crippen molar-refractivity contribution >= 4 is 0 Å². The first-order chi connectivity index (χ1) is 9.72. The second kappa shape index (κ2) is 7.03. The molecule has 0 spiro atoms. The molecule has 0 aliphatic rings. The molecule has 0 unspecified atom stereocenters. The minimum absolute atomic E-state index is 0.0648. The second-order valence-electron chi connectivity index (χ2n) is 4.69. The van der Waals surface area contributed by atoms with Gasteiger partial charge in [0.05, 0.1) is 12.3 Å². The van der Waals surface area contributed by atoms with Gasteiger partial charge in [0, 0.05) is 12.2 Å². The number of aryl methyl sites for hydroxylation is 1. The summed E-state index contributed by atoms with van der Waals surface area (Å²) in [7, 11) is 1.89. The summed E-state index contributed by atoms with van der Waals surface area (Å²) in [6.45, 7) is 3.21. The number of aliphatic hydroxyl groups is 1. The number of hydrogen-bond acceptors (Lipinski definition) is 4. The van der Waals surface area contributed by atoms with Crippen LogP contribution in [0.1, 0.15) is 22.5 Å². The summed E-state index contributed by atoms with van der Waals surface area (Å²) in [5.74, 6) is 0.802. The molecule has 1 aromatic heterocycles. The van der Waals surface area contributed by atoms with E-state index in [1.165, 1.54) is 0 Å². The Balaban J connectivity index is 2.05. The first-order valence-corrected chi connectivity index (χ1v) is 6.65. The lowest BCUT2D eigenvalue weighted by Crippen LogP contribution is -2.10. The Kier molecular flexibility index (Phi) is 5.09. The monoisotopic (exact) mass is 272 g/mol. The number of ether oxygens (including phenoxy) is 1. The fourth-order valence-corrected chi connectivity index (χ4v) is 1.93. The summed E-state index contributed by atoms with van der Waals surface area (Å²) < 4.78 is 5.84. The molecule has 0 atom stereocenters. The van der Waals surface area contributed by atoms with E-state index >= 15 is 0 Å². The first-order valence-electron chi connectivity index (χ1n) is 6.65. The van der Waals surface area contributed by atoms with Crippen molar-refractivity contribution in [2.75, 3.05) is 7.05 Å². The average molecular weight is 272 g/mol. The van der Waals surface area contributed by atoms with Crippen molar-refractivity contribution < 1.29 is 9.84 Å². The van der Waals surface area contributed by atoms with Gasteiger partial charge in [-0.1, -0.05) is 24.3 Å². The molecule has 0 saturated carbocycles. The molecule has 0 saturated heterocycles. The van der Waals surface area contributed by atoms with E-state index in [2.05, 4.69) is 10.3 Å². The SMILES string of the molecule is CNCc1nc(C)ccc1OCc1ccc(CO)cc1. The zero-order valence-corrected chi connectivity index (χ0v) is 11.9. The molecule has 0 bridgehead atoms. The third kappa shape index (κ3) is 3.79. The third-order valence-electron chi connectivity index (χ3n) is 3.02. The van der Waals surface area contributed by atoms with Crippen molar-refractivity contribution in [1.82, 2.24) is 10.3 Å². The molecule has 0 radical (unpaired) electrons. The topological polar surface area (TPSA) is 54.4 Å². The van der Waals surface area contributed by atoms with E-state index in [1.807, 2.05) is 50.4 Å². The van der Waals surface area contributed by atoms with E-state index in [4.69, 9.17) is 9.84 Å². The zero-order valence-electron chi connectivity index (χ0n) is 11.9. The highest BCUT2D eigenvalue weighted by molar-refractivity contribution is 5.30. The quantitative estimate of drug-likeness (QED) is 0.846. The Labute approximate surface area is 119 Å². The molecule has 0 fully saturated rings. The normalized spacial score (nSPS) is 10.6. The van der Waals surface area contributed by atoms with Crippen molar-refractivity contribution in [2.24, 2.45) is 0 Å². The highest BCUT2D eigenvalue weighted by Gasteiger charge is 2.05. The van der Waals surface area contributed by atoms with E-state index in [9.17, 15) is 0 Å². The minimum atomic E-state index is 0.0648. The first kappa shape index (κ1) is 14.5. The number of nitrogens with zero attached hydrogens (tertiary/aromatic N) is 1. The van der Waals surface area contributed by atoms with Crippen molar-refractivity contribution in [1.29, 1.82) is 0 Å². The van der Waals surface area contributed by atoms with Gasteiger partial charge >= 0.3 is 0 Å². The lowest BCUT2D eigenvalue weighted by molar-refractivity contribution is 0.281. The maximum Gasteiger partial charge on any atom is 0.142 e. The molecule has 2 N–H and O–H groups in total. The predicted octanol–water partition coefficient (Wildman–Crippen LogP) is 2.18. The van der Waals surface area contributed by atoms with Crippen molar-refractivity contribution in [3.8, 4) is 5.75 Å². The largest absolute Gasteiger partial charge is 0.487 e. The van der Waals surface area contributed by atoms with Gasteiger partial charge < -0.3 is 15.2 Å². The average Bonchev–Trinajstić information content (AvgIpc) is 2.47. The Morgan fingerprint density at radius 2 is 1.80 bits per heavy atom. The Morgan fingerprint density at radius 1 is 1.10 bits per heavy atom. The summed E-state index contributed by atoms with van der Waals surface area (Å²) in [6.07, 6.45) is 0. The van der Waals surface area contributed by atoms with Gasteiger partial charge in [-0.25, -0.2) is 0 Å². The highest BCUT2D eigenvalue weighted by atomic mass is 16.5. The van der Waals surface area contributed by atoms with Crippen LogP contribution in [-0.2, 0) is 19.8 Å². The van der Waals surface area contributed by atoms with Crippen LogP contribution in [0.5, 0.6) is 5.75 Å². The summed E-state index contributed by atoms with van der Waals surface area (Å²) in [5, 5.41) is 12.1. The van der Waals surface area contributed by atoms with Gasteiger partial charge in [-0.15, -0.1) is 0 Å². The molecule has 2 rings (SSSR count). The van der Waals surface area contributed by atoms with E-state index in [-0.39, 0.29) is 6.61 Å². The maximum absolute atomic E-state index is 9.01. The fourth-order valence-electron chi connectivity index (χ4n) is 1.93. The molecule has 2 aromatic rings. The third-order valence-corrected chi connectivity index (χ3v) is 3.02. The van der Waals surface area contributed by atoms with Crippen LogP contribution in [0.15, 0.2) is 36.4 Å². The van der Waals surface area contributed by atoms with Crippen molar-refractivity contribution in [2.45, 2.75) is 26.7 Å². The Bertz CT molecular complexity index is 553. The molecule has 0 amide bonds.